The van der Waals surface area contributed by atoms with Gasteiger partial charge in [0.05, 0.1) is 6.42 Å². The Morgan fingerprint density at radius 2 is 2.33 bits per heavy atom. The van der Waals surface area contributed by atoms with Crippen LogP contribution in [0.5, 0.6) is 0 Å². The lowest BCUT2D eigenvalue weighted by atomic mass is 9.86. The van der Waals surface area contributed by atoms with Gasteiger partial charge in [-0.25, -0.2) is 0 Å². The first-order valence-electron chi connectivity index (χ1n) is 5.53. The van der Waals surface area contributed by atoms with E-state index >= 15 is 0 Å². The number of carbonyl (C=O) groups is 1. The monoisotopic (exact) mass is 266 g/mol. The van der Waals surface area contributed by atoms with Gasteiger partial charge in [0.15, 0.2) is 0 Å². The van der Waals surface area contributed by atoms with Crippen LogP contribution in [0.15, 0.2) is 21.3 Å². The first-order chi connectivity index (χ1) is 8.46. The number of carboxylic acids is 1. The van der Waals surface area contributed by atoms with Crippen molar-refractivity contribution in [3.63, 3.8) is 0 Å². The Kier molecular flexibility index (Phi) is 3.47. The minimum Gasteiger partial charge on any atom is -0.481 e. The van der Waals surface area contributed by atoms with E-state index in [0.29, 0.717) is 18.1 Å². The zero-order valence-corrected chi connectivity index (χ0v) is 11.0. The van der Waals surface area contributed by atoms with Gasteiger partial charge in [0, 0.05) is 17.4 Å². The van der Waals surface area contributed by atoms with E-state index in [1.54, 1.807) is 11.3 Å². The van der Waals surface area contributed by atoms with E-state index in [1.165, 1.54) is 0 Å². The quantitative estimate of drug-likeness (QED) is 0.900. The first kappa shape index (κ1) is 12.8. The van der Waals surface area contributed by atoms with Crippen molar-refractivity contribution >= 4 is 17.3 Å². The highest BCUT2D eigenvalue weighted by atomic mass is 32.1. The third-order valence-electron chi connectivity index (χ3n) is 2.51. The maximum Gasteiger partial charge on any atom is 0.303 e. The molecule has 0 spiro atoms. The number of aromatic nitrogens is 2. The molecule has 0 saturated carbocycles. The summed E-state index contributed by atoms with van der Waals surface area (Å²) in [5.74, 6) is 0.206. The summed E-state index contributed by atoms with van der Waals surface area (Å²) >= 11 is 1.57. The van der Waals surface area contributed by atoms with Gasteiger partial charge < -0.3 is 9.63 Å². The Morgan fingerprint density at radius 1 is 1.56 bits per heavy atom. The highest BCUT2D eigenvalue weighted by Crippen LogP contribution is 2.26. The fourth-order valence-electron chi connectivity index (χ4n) is 1.72. The van der Waals surface area contributed by atoms with Crippen molar-refractivity contribution in [2.45, 2.75) is 26.7 Å². The van der Waals surface area contributed by atoms with Gasteiger partial charge in [-0.3, -0.25) is 4.79 Å². The molecule has 0 unspecified atom stereocenters. The van der Waals surface area contributed by atoms with Crippen LogP contribution >= 0.6 is 11.3 Å². The average Bonchev–Trinajstić information content (AvgIpc) is 2.82. The minimum atomic E-state index is -0.822. The summed E-state index contributed by atoms with van der Waals surface area (Å²) in [5, 5.41) is 16.6. The Balaban J connectivity index is 2.09. The third-order valence-corrected chi connectivity index (χ3v) is 3.19. The second-order valence-electron chi connectivity index (χ2n) is 4.94. The van der Waals surface area contributed by atoms with Crippen LogP contribution in [0.25, 0.3) is 11.4 Å². The van der Waals surface area contributed by atoms with Gasteiger partial charge >= 0.3 is 5.97 Å². The fraction of sp³-hybridized carbons (Fsp3) is 0.417. The largest absolute Gasteiger partial charge is 0.481 e. The van der Waals surface area contributed by atoms with Crippen molar-refractivity contribution in [2.24, 2.45) is 5.41 Å². The predicted molar refractivity (Wildman–Crippen MR) is 67.3 cm³/mol. The number of carboxylic acid groups (broad SMARTS) is 1. The molecule has 0 aromatic carbocycles. The summed E-state index contributed by atoms with van der Waals surface area (Å²) < 4.78 is 5.16. The molecule has 2 aromatic rings. The van der Waals surface area contributed by atoms with Crippen LogP contribution in [-0.4, -0.2) is 21.2 Å². The van der Waals surface area contributed by atoms with Crippen molar-refractivity contribution in [1.82, 2.24) is 10.1 Å². The molecule has 2 rings (SSSR count). The van der Waals surface area contributed by atoms with E-state index in [-0.39, 0.29) is 6.42 Å². The van der Waals surface area contributed by atoms with Gasteiger partial charge in [0.2, 0.25) is 11.7 Å². The average molecular weight is 266 g/mol. The summed E-state index contributed by atoms with van der Waals surface area (Å²) in [7, 11) is 0. The van der Waals surface area contributed by atoms with E-state index in [4.69, 9.17) is 9.63 Å². The number of rotatable bonds is 5. The van der Waals surface area contributed by atoms with E-state index in [2.05, 4.69) is 10.1 Å². The van der Waals surface area contributed by atoms with Gasteiger partial charge in [-0.2, -0.15) is 16.3 Å². The Bertz CT molecular complexity index is 531. The highest BCUT2D eigenvalue weighted by Gasteiger charge is 2.25. The van der Waals surface area contributed by atoms with Crippen LogP contribution in [0, 0.1) is 5.41 Å². The maximum absolute atomic E-state index is 10.7. The Hall–Kier alpha value is -1.69. The van der Waals surface area contributed by atoms with E-state index < -0.39 is 11.4 Å². The molecule has 18 heavy (non-hydrogen) atoms. The zero-order chi connectivity index (χ0) is 13.2. The number of hydrogen-bond donors (Lipinski definition) is 1. The minimum absolute atomic E-state index is 0.0726. The van der Waals surface area contributed by atoms with Crippen LogP contribution in [-0.2, 0) is 11.2 Å². The van der Waals surface area contributed by atoms with Crippen molar-refractivity contribution < 1.29 is 14.4 Å². The molecule has 0 atom stereocenters. The fourth-order valence-corrected chi connectivity index (χ4v) is 2.35. The van der Waals surface area contributed by atoms with Crippen molar-refractivity contribution in [1.29, 1.82) is 0 Å². The number of nitrogens with zero attached hydrogens (tertiary/aromatic N) is 2. The van der Waals surface area contributed by atoms with Gasteiger partial charge in [0.25, 0.3) is 0 Å². The van der Waals surface area contributed by atoms with Crippen LogP contribution in [0.4, 0.5) is 0 Å². The number of thiophene rings is 1. The summed E-state index contributed by atoms with van der Waals surface area (Å²) in [6.45, 7) is 3.74. The Labute approximate surface area is 108 Å². The molecule has 0 amide bonds. The van der Waals surface area contributed by atoms with E-state index in [1.807, 2.05) is 30.7 Å². The van der Waals surface area contributed by atoms with E-state index in [9.17, 15) is 4.79 Å². The van der Waals surface area contributed by atoms with Crippen LogP contribution in [0.3, 0.4) is 0 Å². The zero-order valence-electron chi connectivity index (χ0n) is 10.2. The first-order valence-corrected chi connectivity index (χ1v) is 6.47. The maximum atomic E-state index is 10.7. The smallest absolute Gasteiger partial charge is 0.303 e. The number of aliphatic carboxylic acids is 1. The van der Waals surface area contributed by atoms with Crippen molar-refractivity contribution in [3.8, 4) is 11.4 Å². The molecule has 0 radical (unpaired) electrons. The molecule has 0 bridgehead atoms. The molecule has 0 aliphatic carbocycles. The van der Waals surface area contributed by atoms with Gasteiger partial charge in [-0.1, -0.05) is 19.0 Å². The number of hydrogen-bond acceptors (Lipinski definition) is 5. The molecule has 0 aliphatic rings. The van der Waals surface area contributed by atoms with Crippen LogP contribution in [0.2, 0.25) is 0 Å². The molecule has 1 N–H and O–H groups in total. The second kappa shape index (κ2) is 4.89. The lowest BCUT2D eigenvalue weighted by molar-refractivity contribution is -0.139. The summed E-state index contributed by atoms with van der Waals surface area (Å²) in [6.07, 6.45) is 0.527. The van der Waals surface area contributed by atoms with Gasteiger partial charge in [-0.15, -0.1) is 0 Å². The van der Waals surface area contributed by atoms with Gasteiger partial charge in [-0.05, 0) is 16.9 Å². The molecular formula is C12H14N2O3S. The molecule has 0 fully saturated rings. The summed E-state index contributed by atoms with van der Waals surface area (Å²) in [5.41, 5.74) is 0.524. The predicted octanol–water partition coefficient (Wildman–Crippen LogP) is 2.84. The molecule has 0 saturated heterocycles. The standard InChI is InChI=1S/C12H14N2O3S/c1-12(2,6-10(15)16)5-9-13-11(14-17-9)8-3-4-18-7-8/h3-4,7H,5-6H2,1-2H3,(H,15,16). The molecule has 6 heteroatoms. The summed E-state index contributed by atoms with van der Waals surface area (Å²) in [4.78, 5) is 15.0. The van der Waals surface area contributed by atoms with Crippen LogP contribution < -0.4 is 0 Å². The second-order valence-corrected chi connectivity index (χ2v) is 5.72. The molecule has 2 aromatic heterocycles. The highest BCUT2D eigenvalue weighted by molar-refractivity contribution is 7.08. The molecule has 96 valence electrons. The van der Waals surface area contributed by atoms with Crippen LogP contribution in [0.1, 0.15) is 26.2 Å². The van der Waals surface area contributed by atoms with Crippen molar-refractivity contribution in [2.75, 3.05) is 0 Å². The topological polar surface area (TPSA) is 76.2 Å². The normalized spacial score (nSPS) is 11.7. The Morgan fingerprint density at radius 3 is 2.94 bits per heavy atom. The summed E-state index contributed by atoms with van der Waals surface area (Å²) in [6, 6.07) is 1.92. The lowest BCUT2D eigenvalue weighted by Crippen LogP contribution is -2.19. The lowest BCUT2D eigenvalue weighted by Gasteiger charge is -2.19. The van der Waals surface area contributed by atoms with Gasteiger partial charge in [0.1, 0.15) is 0 Å². The molecule has 5 nitrogen and oxygen atoms in total. The molecule has 0 aliphatic heterocycles. The van der Waals surface area contributed by atoms with Crippen molar-refractivity contribution in [3.05, 3.63) is 22.7 Å². The van der Waals surface area contributed by atoms with E-state index in [0.717, 1.165) is 5.56 Å². The third kappa shape index (κ3) is 3.16. The molecule has 2 heterocycles. The SMILES string of the molecule is CC(C)(CC(=O)O)Cc1nc(-c2ccsc2)no1. The molecular weight excluding hydrogens is 252 g/mol.